The normalized spacial score (nSPS) is 10.6. The van der Waals surface area contributed by atoms with E-state index in [-0.39, 0.29) is 5.97 Å². The molecular formula is C16H20N2O2. The molecule has 1 heterocycles. The molecule has 4 nitrogen and oxygen atoms in total. The third-order valence-corrected chi connectivity index (χ3v) is 3.42. The molecule has 0 atom stereocenters. The number of benzene rings is 1. The van der Waals surface area contributed by atoms with E-state index in [1.165, 1.54) is 5.56 Å². The molecule has 0 amide bonds. The van der Waals surface area contributed by atoms with Crippen molar-refractivity contribution in [3.05, 3.63) is 46.8 Å². The summed E-state index contributed by atoms with van der Waals surface area (Å²) in [6.45, 7) is 8.48. The molecule has 0 fully saturated rings. The third kappa shape index (κ3) is 2.74. The van der Waals surface area contributed by atoms with Crippen molar-refractivity contribution in [2.45, 2.75) is 34.1 Å². The van der Waals surface area contributed by atoms with Crippen LogP contribution in [0.2, 0.25) is 0 Å². The number of hydrogen-bond acceptors (Lipinski definition) is 3. The predicted octanol–water partition coefficient (Wildman–Crippen LogP) is 3.36. The van der Waals surface area contributed by atoms with Gasteiger partial charge in [-0.15, -0.1) is 0 Å². The van der Waals surface area contributed by atoms with Crippen LogP contribution in [0.4, 0.5) is 0 Å². The maximum Gasteiger partial charge on any atom is 0.338 e. The van der Waals surface area contributed by atoms with E-state index in [1.807, 2.05) is 50.6 Å². The molecule has 0 N–H and O–H groups in total. The Kier molecular flexibility index (Phi) is 4.23. The number of esters is 1. The van der Waals surface area contributed by atoms with Crippen molar-refractivity contribution in [1.29, 1.82) is 0 Å². The second-order valence-electron chi connectivity index (χ2n) is 4.89. The van der Waals surface area contributed by atoms with Crippen LogP contribution in [-0.2, 0) is 4.74 Å². The van der Waals surface area contributed by atoms with Gasteiger partial charge in [0.1, 0.15) is 0 Å². The van der Waals surface area contributed by atoms with Crippen LogP contribution in [0.5, 0.6) is 0 Å². The van der Waals surface area contributed by atoms with Gasteiger partial charge in [-0.2, -0.15) is 5.10 Å². The SMILES string of the molecule is CCCOC(=O)c1cccc(-n2nc(C)c(C)c2C)c1. The topological polar surface area (TPSA) is 44.1 Å². The minimum Gasteiger partial charge on any atom is -0.462 e. The molecule has 2 rings (SSSR count). The van der Waals surface area contributed by atoms with Gasteiger partial charge in [0, 0.05) is 5.69 Å². The predicted molar refractivity (Wildman–Crippen MR) is 78.3 cm³/mol. The maximum absolute atomic E-state index is 11.9. The van der Waals surface area contributed by atoms with E-state index in [2.05, 4.69) is 5.10 Å². The first-order chi connectivity index (χ1) is 9.54. The summed E-state index contributed by atoms with van der Waals surface area (Å²) in [5, 5.41) is 4.51. The summed E-state index contributed by atoms with van der Waals surface area (Å²) < 4.78 is 7.02. The minimum atomic E-state index is -0.285. The highest BCUT2D eigenvalue weighted by Crippen LogP contribution is 2.18. The summed E-state index contributed by atoms with van der Waals surface area (Å²) >= 11 is 0. The van der Waals surface area contributed by atoms with Gasteiger partial charge in [0.2, 0.25) is 0 Å². The van der Waals surface area contributed by atoms with Crippen LogP contribution >= 0.6 is 0 Å². The number of nitrogens with zero attached hydrogens (tertiary/aromatic N) is 2. The van der Waals surface area contributed by atoms with Crippen molar-refractivity contribution in [2.75, 3.05) is 6.61 Å². The molecule has 0 saturated heterocycles. The molecule has 0 aliphatic carbocycles. The summed E-state index contributed by atoms with van der Waals surface area (Å²) in [7, 11) is 0. The number of carbonyl (C=O) groups excluding carboxylic acids is 1. The summed E-state index contributed by atoms with van der Waals surface area (Å²) in [6, 6.07) is 7.37. The Morgan fingerprint density at radius 3 is 2.65 bits per heavy atom. The standard InChI is InChI=1S/C16H20N2O2/c1-5-9-20-16(19)14-7-6-8-15(10-14)18-13(4)11(2)12(3)17-18/h6-8,10H,5,9H2,1-4H3. The Morgan fingerprint density at radius 2 is 2.05 bits per heavy atom. The average Bonchev–Trinajstić information content (AvgIpc) is 2.72. The second-order valence-corrected chi connectivity index (χ2v) is 4.89. The van der Waals surface area contributed by atoms with Gasteiger partial charge in [0.25, 0.3) is 0 Å². The zero-order chi connectivity index (χ0) is 14.7. The Bertz CT molecular complexity index is 629. The van der Waals surface area contributed by atoms with Gasteiger partial charge in [-0.25, -0.2) is 9.48 Å². The molecule has 1 aromatic heterocycles. The Labute approximate surface area is 119 Å². The number of rotatable bonds is 4. The highest BCUT2D eigenvalue weighted by atomic mass is 16.5. The van der Waals surface area contributed by atoms with E-state index in [0.717, 1.165) is 23.5 Å². The number of ether oxygens (including phenoxy) is 1. The zero-order valence-corrected chi connectivity index (χ0v) is 12.4. The van der Waals surface area contributed by atoms with Gasteiger partial charge in [-0.1, -0.05) is 13.0 Å². The quantitative estimate of drug-likeness (QED) is 0.802. The summed E-state index contributed by atoms with van der Waals surface area (Å²) in [4.78, 5) is 11.9. The Morgan fingerprint density at radius 1 is 1.30 bits per heavy atom. The van der Waals surface area contributed by atoms with E-state index in [1.54, 1.807) is 6.07 Å². The molecular weight excluding hydrogens is 252 g/mol. The van der Waals surface area contributed by atoms with Crippen molar-refractivity contribution in [3.63, 3.8) is 0 Å². The zero-order valence-electron chi connectivity index (χ0n) is 12.4. The highest BCUT2D eigenvalue weighted by molar-refractivity contribution is 5.90. The monoisotopic (exact) mass is 272 g/mol. The molecule has 2 aromatic rings. The van der Waals surface area contributed by atoms with Gasteiger partial charge < -0.3 is 4.74 Å². The van der Waals surface area contributed by atoms with Crippen LogP contribution in [0.15, 0.2) is 24.3 Å². The van der Waals surface area contributed by atoms with Crippen LogP contribution in [0.3, 0.4) is 0 Å². The molecule has 20 heavy (non-hydrogen) atoms. The largest absolute Gasteiger partial charge is 0.462 e. The molecule has 4 heteroatoms. The molecule has 0 unspecified atom stereocenters. The molecule has 0 radical (unpaired) electrons. The Hall–Kier alpha value is -2.10. The highest BCUT2D eigenvalue weighted by Gasteiger charge is 2.12. The fraction of sp³-hybridized carbons (Fsp3) is 0.375. The number of hydrogen-bond donors (Lipinski definition) is 0. The summed E-state index contributed by atoms with van der Waals surface area (Å²) in [6.07, 6.45) is 0.822. The smallest absolute Gasteiger partial charge is 0.338 e. The van der Waals surface area contributed by atoms with Crippen molar-refractivity contribution < 1.29 is 9.53 Å². The number of aryl methyl sites for hydroxylation is 1. The van der Waals surface area contributed by atoms with Crippen LogP contribution in [0.25, 0.3) is 5.69 Å². The molecule has 0 saturated carbocycles. The lowest BCUT2D eigenvalue weighted by Crippen LogP contribution is -2.07. The van der Waals surface area contributed by atoms with Gasteiger partial charge >= 0.3 is 5.97 Å². The first kappa shape index (κ1) is 14.3. The van der Waals surface area contributed by atoms with E-state index in [4.69, 9.17) is 4.74 Å². The molecule has 0 bridgehead atoms. The average molecular weight is 272 g/mol. The van der Waals surface area contributed by atoms with Crippen molar-refractivity contribution in [1.82, 2.24) is 9.78 Å². The number of carbonyl (C=O) groups is 1. The van der Waals surface area contributed by atoms with E-state index in [9.17, 15) is 4.79 Å². The first-order valence-electron chi connectivity index (χ1n) is 6.85. The van der Waals surface area contributed by atoms with Crippen LogP contribution < -0.4 is 0 Å². The molecule has 0 spiro atoms. The van der Waals surface area contributed by atoms with Crippen molar-refractivity contribution >= 4 is 5.97 Å². The van der Waals surface area contributed by atoms with Crippen LogP contribution in [-0.4, -0.2) is 22.4 Å². The first-order valence-corrected chi connectivity index (χ1v) is 6.85. The lowest BCUT2D eigenvalue weighted by atomic mass is 10.2. The lowest BCUT2D eigenvalue weighted by Gasteiger charge is -2.07. The van der Waals surface area contributed by atoms with E-state index < -0.39 is 0 Å². The third-order valence-electron chi connectivity index (χ3n) is 3.42. The second kappa shape index (κ2) is 5.90. The fourth-order valence-corrected chi connectivity index (χ4v) is 2.01. The van der Waals surface area contributed by atoms with Crippen LogP contribution in [0, 0.1) is 20.8 Å². The fourth-order valence-electron chi connectivity index (χ4n) is 2.01. The molecule has 0 aliphatic rings. The lowest BCUT2D eigenvalue weighted by molar-refractivity contribution is 0.0505. The van der Waals surface area contributed by atoms with E-state index >= 15 is 0 Å². The molecule has 106 valence electrons. The summed E-state index contributed by atoms with van der Waals surface area (Å²) in [5.74, 6) is -0.285. The van der Waals surface area contributed by atoms with Gasteiger partial charge in [0.05, 0.1) is 23.6 Å². The van der Waals surface area contributed by atoms with Gasteiger partial charge in [0.15, 0.2) is 0 Å². The van der Waals surface area contributed by atoms with Crippen molar-refractivity contribution in [3.8, 4) is 5.69 Å². The van der Waals surface area contributed by atoms with Gasteiger partial charge in [-0.3, -0.25) is 0 Å². The maximum atomic E-state index is 11.9. The molecule has 1 aromatic carbocycles. The minimum absolute atomic E-state index is 0.285. The Balaban J connectivity index is 2.34. The molecule has 0 aliphatic heterocycles. The van der Waals surface area contributed by atoms with Gasteiger partial charge in [-0.05, 0) is 51.0 Å². The van der Waals surface area contributed by atoms with Crippen LogP contribution in [0.1, 0.15) is 40.7 Å². The van der Waals surface area contributed by atoms with Crippen molar-refractivity contribution in [2.24, 2.45) is 0 Å². The number of aromatic nitrogens is 2. The van der Waals surface area contributed by atoms with E-state index in [0.29, 0.717) is 12.2 Å². The summed E-state index contributed by atoms with van der Waals surface area (Å²) in [5.41, 5.74) is 4.69.